The number of thioether (sulfide) groups is 1. The molecule has 2 aliphatic rings. The van der Waals surface area contributed by atoms with E-state index in [4.69, 9.17) is 0 Å². The minimum absolute atomic E-state index is 0.137. The van der Waals surface area contributed by atoms with Crippen LogP contribution in [-0.2, 0) is 11.3 Å². The summed E-state index contributed by atoms with van der Waals surface area (Å²) in [5.41, 5.74) is 0.408. The van der Waals surface area contributed by atoms with Gasteiger partial charge in [0.2, 0.25) is 10.9 Å². The normalized spacial score (nSPS) is 23.8. The Morgan fingerprint density at radius 2 is 2.12 bits per heavy atom. The summed E-state index contributed by atoms with van der Waals surface area (Å²) in [6.07, 6.45) is 4.80. The van der Waals surface area contributed by atoms with Crippen molar-refractivity contribution in [1.82, 2.24) is 24.4 Å². The Bertz CT molecular complexity index is 895. The molecule has 0 N–H and O–H groups in total. The monoisotopic (exact) mass is 393 g/mol. The third-order valence-electron chi connectivity index (χ3n) is 5.37. The second kappa shape index (κ2) is 6.94. The molecule has 2 fully saturated rings. The lowest BCUT2D eigenvalue weighted by molar-refractivity contribution is -0.135. The lowest BCUT2D eigenvalue weighted by Crippen LogP contribution is -2.37. The van der Waals surface area contributed by atoms with Gasteiger partial charge in [-0.05, 0) is 32.1 Å². The predicted molar refractivity (Wildman–Crippen MR) is 103 cm³/mol. The zero-order valence-electron chi connectivity index (χ0n) is 15.1. The fourth-order valence-electron chi connectivity index (χ4n) is 4.08. The van der Waals surface area contributed by atoms with Crippen LogP contribution in [0.1, 0.15) is 31.9 Å². The molecule has 4 heterocycles. The summed E-state index contributed by atoms with van der Waals surface area (Å²) >= 11 is 2.95. The lowest BCUT2D eigenvalue weighted by atomic mass is 9.85. The third-order valence-corrected chi connectivity index (χ3v) is 7.25. The topological polar surface area (TPSA) is 70.8 Å². The molecule has 2 aliphatic heterocycles. The van der Waals surface area contributed by atoms with Gasteiger partial charge in [0.15, 0.2) is 4.34 Å². The maximum atomic E-state index is 12.8. The Kier molecular flexibility index (Phi) is 4.79. The van der Waals surface area contributed by atoms with Crippen LogP contribution < -0.4 is 5.56 Å². The van der Waals surface area contributed by atoms with Crippen molar-refractivity contribution >= 4 is 34.0 Å². The van der Waals surface area contributed by atoms with Crippen LogP contribution in [0, 0.1) is 5.41 Å². The summed E-state index contributed by atoms with van der Waals surface area (Å²) in [5.74, 6) is 0.317. The number of hydrogen-bond acceptors (Lipinski definition) is 7. The van der Waals surface area contributed by atoms with Gasteiger partial charge in [0.25, 0.3) is 5.56 Å². The van der Waals surface area contributed by atoms with Crippen molar-refractivity contribution in [2.75, 3.05) is 32.4 Å². The van der Waals surface area contributed by atoms with Gasteiger partial charge in [-0.15, -0.1) is 5.10 Å². The van der Waals surface area contributed by atoms with E-state index in [2.05, 4.69) is 21.9 Å². The van der Waals surface area contributed by atoms with Crippen molar-refractivity contribution < 1.29 is 4.79 Å². The van der Waals surface area contributed by atoms with Crippen molar-refractivity contribution in [1.29, 1.82) is 0 Å². The van der Waals surface area contributed by atoms with Gasteiger partial charge in [0.1, 0.15) is 0 Å². The van der Waals surface area contributed by atoms with Crippen LogP contribution in [-0.4, -0.2) is 62.7 Å². The van der Waals surface area contributed by atoms with E-state index in [0.717, 1.165) is 55.5 Å². The largest absolute Gasteiger partial charge is 0.342 e. The number of amides is 1. The van der Waals surface area contributed by atoms with Crippen molar-refractivity contribution in [3.05, 3.63) is 22.1 Å². The summed E-state index contributed by atoms with van der Waals surface area (Å²) in [6.45, 7) is 6.11. The quantitative estimate of drug-likeness (QED) is 0.720. The molecule has 0 radical (unpaired) electrons. The van der Waals surface area contributed by atoms with Crippen LogP contribution in [0.15, 0.2) is 15.2 Å². The first kappa shape index (κ1) is 17.9. The Morgan fingerprint density at radius 3 is 2.88 bits per heavy atom. The van der Waals surface area contributed by atoms with Crippen LogP contribution in [0.2, 0.25) is 0 Å². The molecule has 1 amide bonds. The Hall–Kier alpha value is -1.45. The van der Waals surface area contributed by atoms with Crippen molar-refractivity contribution in [2.45, 2.75) is 37.1 Å². The fourth-order valence-corrected chi connectivity index (χ4v) is 5.46. The van der Waals surface area contributed by atoms with Crippen LogP contribution in [0.5, 0.6) is 0 Å². The average molecular weight is 394 g/mol. The van der Waals surface area contributed by atoms with Crippen LogP contribution in [0.4, 0.5) is 0 Å². The minimum atomic E-state index is -0.217. The number of fused-ring (bicyclic) bond motifs is 1. The molecule has 2 aromatic rings. The van der Waals surface area contributed by atoms with Crippen LogP contribution >= 0.6 is 23.1 Å². The first-order chi connectivity index (χ1) is 12.5. The molecule has 2 aromatic heterocycles. The molecule has 4 rings (SSSR count). The van der Waals surface area contributed by atoms with Crippen LogP contribution in [0.25, 0.3) is 4.96 Å². The molecular weight excluding hydrogens is 370 g/mol. The standard InChI is InChI=1S/C17H23N5O2S2/c1-3-6-21-8-5-17(14(21)24)4-7-20(11-17)10-12-9-13(23)22-15(18-12)26-16(19-22)25-2/h9H,3-8,10-11H2,1-2H3. The summed E-state index contributed by atoms with van der Waals surface area (Å²) in [5, 5.41) is 4.26. The van der Waals surface area contributed by atoms with Crippen LogP contribution in [0.3, 0.4) is 0 Å². The van der Waals surface area contributed by atoms with E-state index in [1.54, 1.807) is 6.07 Å². The maximum absolute atomic E-state index is 12.8. The molecule has 26 heavy (non-hydrogen) atoms. The lowest BCUT2D eigenvalue weighted by Gasteiger charge is -2.23. The first-order valence-corrected chi connectivity index (χ1v) is 11.0. The van der Waals surface area contributed by atoms with E-state index in [9.17, 15) is 9.59 Å². The molecule has 1 spiro atoms. The predicted octanol–water partition coefficient (Wildman–Crippen LogP) is 1.71. The molecule has 140 valence electrons. The molecule has 0 saturated carbocycles. The zero-order valence-corrected chi connectivity index (χ0v) is 16.7. The summed E-state index contributed by atoms with van der Waals surface area (Å²) < 4.78 is 2.20. The highest BCUT2D eigenvalue weighted by Crippen LogP contribution is 2.41. The van der Waals surface area contributed by atoms with Gasteiger partial charge >= 0.3 is 0 Å². The minimum Gasteiger partial charge on any atom is -0.342 e. The van der Waals surface area contributed by atoms with E-state index < -0.39 is 0 Å². The molecule has 1 unspecified atom stereocenters. The molecule has 0 bridgehead atoms. The highest BCUT2D eigenvalue weighted by molar-refractivity contribution is 8.00. The number of carbonyl (C=O) groups is 1. The average Bonchev–Trinajstić information content (AvgIpc) is 3.30. The van der Waals surface area contributed by atoms with E-state index in [-0.39, 0.29) is 11.0 Å². The van der Waals surface area contributed by atoms with Gasteiger partial charge in [-0.3, -0.25) is 14.5 Å². The zero-order chi connectivity index (χ0) is 18.3. The number of hydrogen-bond donors (Lipinski definition) is 0. The molecule has 0 aliphatic carbocycles. The van der Waals surface area contributed by atoms with E-state index in [1.165, 1.54) is 27.6 Å². The number of rotatable bonds is 5. The smallest absolute Gasteiger partial charge is 0.275 e. The van der Waals surface area contributed by atoms with Crippen molar-refractivity contribution in [3.8, 4) is 0 Å². The maximum Gasteiger partial charge on any atom is 0.275 e. The third kappa shape index (κ3) is 3.05. The Labute approximate surface area is 160 Å². The van der Waals surface area contributed by atoms with Gasteiger partial charge in [-0.25, -0.2) is 4.98 Å². The molecule has 7 nitrogen and oxygen atoms in total. The van der Waals surface area contributed by atoms with Gasteiger partial charge in [0.05, 0.1) is 11.1 Å². The second-order valence-electron chi connectivity index (χ2n) is 7.14. The Morgan fingerprint density at radius 1 is 1.31 bits per heavy atom. The second-order valence-corrected chi connectivity index (χ2v) is 9.14. The molecule has 1 atom stereocenters. The highest BCUT2D eigenvalue weighted by atomic mass is 32.2. The fraction of sp³-hybridized carbons (Fsp3) is 0.647. The molecule has 0 aromatic carbocycles. The van der Waals surface area contributed by atoms with Gasteiger partial charge < -0.3 is 4.90 Å². The summed E-state index contributed by atoms with van der Waals surface area (Å²) in [7, 11) is 0. The first-order valence-electron chi connectivity index (χ1n) is 9.00. The molecule has 9 heteroatoms. The van der Waals surface area contributed by atoms with E-state index in [1.807, 2.05) is 11.2 Å². The molecule has 2 saturated heterocycles. The number of likely N-dealkylation sites (tertiary alicyclic amines) is 2. The molecular formula is C17H23N5O2S2. The van der Waals surface area contributed by atoms with E-state index in [0.29, 0.717) is 17.4 Å². The van der Waals surface area contributed by atoms with Crippen molar-refractivity contribution in [2.24, 2.45) is 5.41 Å². The van der Waals surface area contributed by atoms with Gasteiger partial charge in [0, 0.05) is 32.2 Å². The number of nitrogens with zero attached hydrogens (tertiary/aromatic N) is 5. The summed E-state index contributed by atoms with van der Waals surface area (Å²) in [4.78, 5) is 34.6. The number of aromatic nitrogens is 3. The highest BCUT2D eigenvalue weighted by Gasteiger charge is 2.50. The van der Waals surface area contributed by atoms with E-state index >= 15 is 0 Å². The SMILES string of the molecule is CCCN1CCC2(CCN(Cc3cc(=O)n4nc(SC)sc4n3)C2)C1=O. The Balaban J connectivity index is 1.50. The van der Waals surface area contributed by atoms with Gasteiger partial charge in [-0.1, -0.05) is 30.0 Å². The number of carbonyl (C=O) groups excluding carboxylic acids is 1. The van der Waals surface area contributed by atoms with Gasteiger partial charge in [-0.2, -0.15) is 4.52 Å². The van der Waals surface area contributed by atoms with Crippen molar-refractivity contribution in [3.63, 3.8) is 0 Å². The summed E-state index contributed by atoms with van der Waals surface area (Å²) in [6, 6.07) is 1.57.